The van der Waals surface area contributed by atoms with Crippen molar-refractivity contribution in [3.05, 3.63) is 35.9 Å². The van der Waals surface area contributed by atoms with Crippen molar-refractivity contribution < 1.29 is 14.3 Å². The van der Waals surface area contributed by atoms with Crippen LogP contribution in [0.4, 0.5) is 0 Å². The van der Waals surface area contributed by atoms with Crippen LogP contribution in [0.5, 0.6) is 0 Å². The SMILES string of the molecule is CC(C)(C)OC(=O)CC1(c2ccccc2)CCN(C(=O)CC2C3CC4CC(C3)CC2C4)C1. The van der Waals surface area contributed by atoms with E-state index < -0.39 is 5.60 Å². The smallest absolute Gasteiger partial charge is 0.307 e. The molecule has 5 fully saturated rings. The Kier molecular flexibility index (Phi) is 5.62. The van der Waals surface area contributed by atoms with Crippen molar-refractivity contribution in [1.29, 1.82) is 0 Å². The van der Waals surface area contributed by atoms with Crippen LogP contribution >= 0.6 is 0 Å². The number of amides is 1. The van der Waals surface area contributed by atoms with Crippen LogP contribution in [0.1, 0.15) is 77.7 Å². The molecule has 174 valence electrons. The second-order valence-electron chi connectivity index (χ2n) is 12.3. The Morgan fingerprint density at radius 3 is 2.22 bits per heavy atom. The summed E-state index contributed by atoms with van der Waals surface area (Å²) in [4.78, 5) is 28.4. The minimum absolute atomic E-state index is 0.170. The van der Waals surface area contributed by atoms with Gasteiger partial charge in [-0.15, -0.1) is 0 Å². The predicted molar refractivity (Wildman–Crippen MR) is 125 cm³/mol. The average Bonchev–Trinajstić information content (AvgIpc) is 3.14. The van der Waals surface area contributed by atoms with Crippen LogP contribution in [0.15, 0.2) is 30.3 Å². The van der Waals surface area contributed by atoms with Crippen molar-refractivity contribution in [3.63, 3.8) is 0 Å². The second-order valence-corrected chi connectivity index (χ2v) is 12.3. The van der Waals surface area contributed by atoms with Crippen molar-refractivity contribution in [3.8, 4) is 0 Å². The lowest BCUT2D eigenvalue weighted by Crippen LogP contribution is -2.47. The van der Waals surface area contributed by atoms with E-state index in [4.69, 9.17) is 4.74 Å². The molecule has 1 amide bonds. The first kappa shape index (κ1) is 22.0. The largest absolute Gasteiger partial charge is 0.460 e. The van der Waals surface area contributed by atoms with Crippen LogP contribution in [0, 0.1) is 29.6 Å². The van der Waals surface area contributed by atoms with Gasteiger partial charge in [0.25, 0.3) is 0 Å². The Hall–Kier alpha value is -1.84. The molecule has 0 aromatic heterocycles. The van der Waals surface area contributed by atoms with Crippen LogP contribution in [0.25, 0.3) is 0 Å². The molecule has 1 aromatic rings. The second kappa shape index (κ2) is 8.18. The molecule has 4 heteroatoms. The quantitative estimate of drug-likeness (QED) is 0.583. The number of carbonyl (C=O) groups is 2. The predicted octanol–water partition coefficient (Wildman–Crippen LogP) is 5.35. The summed E-state index contributed by atoms with van der Waals surface area (Å²) in [5.74, 6) is 4.16. The fraction of sp³-hybridized carbons (Fsp3) is 0.714. The molecule has 4 nitrogen and oxygen atoms in total. The standard InChI is InChI=1S/C28H39NO3/c1-27(2,3)32-26(31)17-28(23-7-5-4-6-8-23)9-10-29(18-28)25(30)16-24-21-12-19-11-20(14-21)15-22(24)13-19/h4-8,19-22,24H,9-18H2,1-3H3. The van der Waals surface area contributed by atoms with Gasteiger partial charge in [-0.1, -0.05) is 30.3 Å². The molecule has 4 aliphatic carbocycles. The zero-order valence-electron chi connectivity index (χ0n) is 20.0. The van der Waals surface area contributed by atoms with Crippen LogP contribution in [0.2, 0.25) is 0 Å². The summed E-state index contributed by atoms with van der Waals surface area (Å²) < 4.78 is 5.69. The maximum Gasteiger partial charge on any atom is 0.307 e. The lowest BCUT2D eigenvalue weighted by Gasteiger charge is -2.54. The summed E-state index contributed by atoms with van der Waals surface area (Å²) in [5, 5.41) is 0. The normalized spacial score (nSPS) is 35.8. The van der Waals surface area contributed by atoms with Gasteiger partial charge in [0.05, 0.1) is 6.42 Å². The summed E-state index contributed by atoms with van der Waals surface area (Å²) in [5.41, 5.74) is 0.307. The zero-order chi connectivity index (χ0) is 22.5. The molecule has 4 saturated carbocycles. The van der Waals surface area contributed by atoms with E-state index in [9.17, 15) is 9.59 Å². The third-order valence-corrected chi connectivity index (χ3v) is 8.83. The third kappa shape index (κ3) is 4.34. The molecule has 1 unspecified atom stereocenters. The lowest BCUT2D eigenvalue weighted by atomic mass is 9.51. The Morgan fingerprint density at radius 2 is 1.62 bits per heavy atom. The first-order chi connectivity index (χ1) is 15.2. The van der Waals surface area contributed by atoms with Gasteiger partial charge < -0.3 is 9.64 Å². The van der Waals surface area contributed by atoms with Gasteiger partial charge in [-0.2, -0.15) is 0 Å². The highest BCUT2D eigenvalue weighted by molar-refractivity contribution is 5.78. The molecule has 4 bridgehead atoms. The van der Waals surface area contributed by atoms with Crippen molar-refractivity contribution in [2.24, 2.45) is 29.6 Å². The fourth-order valence-electron chi connectivity index (χ4n) is 7.71. The van der Waals surface area contributed by atoms with Gasteiger partial charge in [-0.25, -0.2) is 0 Å². The van der Waals surface area contributed by atoms with Crippen molar-refractivity contribution >= 4 is 11.9 Å². The van der Waals surface area contributed by atoms with E-state index >= 15 is 0 Å². The fourth-order valence-corrected chi connectivity index (χ4v) is 7.71. The van der Waals surface area contributed by atoms with Gasteiger partial charge in [0, 0.05) is 24.9 Å². The van der Waals surface area contributed by atoms with Gasteiger partial charge in [-0.3, -0.25) is 9.59 Å². The maximum atomic E-state index is 13.5. The number of likely N-dealkylation sites (tertiary alicyclic amines) is 1. The Balaban J connectivity index is 1.29. The highest BCUT2D eigenvalue weighted by Crippen LogP contribution is 2.57. The topological polar surface area (TPSA) is 46.6 Å². The average molecular weight is 438 g/mol. The summed E-state index contributed by atoms with van der Waals surface area (Å²) in [6.07, 6.45) is 8.75. The Bertz CT molecular complexity index is 829. The first-order valence-electron chi connectivity index (χ1n) is 12.8. The molecule has 1 heterocycles. The zero-order valence-corrected chi connectivity index (χ0v) is 20.0. The van der Waals surface area contributed by atoms with Gasteiger partial charge in [0.15, 0.2) is 0 Å². The molecule has 5 aliphatic rings. The Morgan fingerprint density at radius 1 is 1.00 bits per heavy atom. The number of hydrogen-bond acceptors (Lipinski definition) is 3. The lowest BCUT2D eigenvalue weighted by molar-refractivity contribution is -0.156. The maximum absolute atomic E-state index is 13.5. The van der Waals surface area contributed by atoms with Gasteiger partial charge >= 0.3 is 5.97 Å². The Labute approximate surface area is 193 Å². The van der Waals surface area contributed by atoms with Crippen molar-refractivity contribution in [2.45, 2.75) is 83.2 Å². The summed E-state index contributed by atoms with van der Waals surface area (Å²) >= 11 is 0. The number of ether oxygens (including phenoxy) is 1. The highest BCUT2D eigenvalue weighted by Gasteiger charge is 2.50. The van der Waals surface area contributed by atoms with Crippen LogP contribution in [0.3, 0.4) is 0 Å². The van der Waals surface area contributed by atoms with E-state index in [-0.39, 0.29) is 11.4 Å². The van der Waals surface area contributed by atoms with Crippen LogP contribution in [-0.2, 0) is 19.7 Å². The van der Waals surface area contributed by atoms with E-state index in [1.807, 2.05) is 39.0 Å². The van der Waals surface area contributed by atoms with Gasteiger partial charge in [-0.05, 0) is 94.4 Å². The molecule has 32 heavy (non-hydrogen) atoms. The minimum Gasteiger partial charge on any atom is -0.460 e. The van der Waals surface area contributed by atoms with Crippen LogP contribution in [-0.4, -0.2) is 35.5 Å². The third-order valence-electron chi connectivity index (χ3n) is 8.83. The number of esters is 1. The molecule has 1 saturated heterocycles. The monoisotopic (exact) mass is 437 g/mol. The van der Waals surface area contributed by atoms with E-state index in [1.54, 1.807) is 0 Å². The van der Waals surface area contributed by atoms with E-state index in [0.717, 1.165) is 42.2 Å². The van der Waals surface area contributed by atoms with Crippen molar-refractivity contribution in [1.82, 2.24) is 4.90 Å². The molecule has 6 rings (SSSR count). The number of benzene rings is 1. The molecular weight excluding hydrogens is 398 g/mol. The number of nitrogens with zero attached hydrogens (tertiary/aromatic N) is 1. The van der Waals surface area contributed by atoms with Gasteiger partial charge in [0.2, 0.25) is 5.91 Å². The number of hydrogen-bond donors (Lipinski definition) is 0. The molecule has 1 aromatic carbocycles. The summed E-state index contributed by atoms with van der Waals surface area (Å²) in [6, 6.07) is 10.3. The molecule has 1 atom stereocenters. The molecule has 1 aliphatic heterocycles. The molecule has 0 radical (unpaired) electrons. The summed E-state index contributed by atoms with van der Waals surface area (Å²) in [6.45, 7) is 7.10. The summed E-state index contributed by atoms with van der Waals surface area (Å²) in [7, 11) is 0. The number of rotatable bonds is 5. The molecular formula is C28H39NO3. The highest BCUT2D eigenvalue weighted by atomic mass is 16.6. The minimum atomic E-state index is -0.497. The number of carbonyl (C=O) groups excluding carboxylic acids is 2. The van der Waals surface area contributed by atoms with Crippen molar-refractivity contribution in [2.75, 3.05) is 13.1 Å². The molecule has 0 N–H and O–H groups in total. The molecule has 0 spiro atoms. The van der Waals surface area contributed by atoms with E-state index in [2.05, 4.69) is 17.0 Å². The first-order valence-corrected chi connectivity index (χ1v) is 12.8. The van der Waals surface area contributed by atoms with E-state index in [0.29, 0.717) is 31.2 Å². The van der Waals surface area contributed by atoms with Gasteiger partial charge in [0.1, 0.15) is 5.60 Å². The van der Waals surface area contributed by atoms with E-state index in [1.165, 1.54) is 32.1 Å². The van der Waals surface area contributed by atoms with Crippen LogP contribution < -0.4 is 0 Å².